The second kappa shape index (κ2) is 8.08. The minimum Gasteiger partial charge on any atom is -0.391 e. The molecular formula is C18H21ClN4OS. The predicted molar refractivity (Wildman–Crippen MR) is 100 cm³/mol. The van der Waals surface area contributed by atoms with Gasteiger partial charge in [0.15, 0.2) is 5.82 Å². The molecule has 1 N–H and O–H groups in total. The van der Waals surface area contributed by atoms with E-state index in [4.69, 9.17) is 11.6 Å². The third kappa shape index (κ3) is 4.87. The van der Waals surface area contributed by atoms with Gasteiger partial charge in [-0.1, -0.05) is 30.7 Å². The quantitative estimate of drug-likeness (QED) is 0.683. The molecule has 5 nitrogen and oxygen atoms in total. The lowest BCUT2D eigenvalue weighted by Crippen LogP contribution is -2.18. The Bertz CT molecular complexity index is 845. The zero-order valence-electron chi connectivity index (χ0n) is 14.3. The number of aromatic nitrogens is 4. The fourth-order valence-corrected chi connectivity index (χ4v) is 3.41. The van der Waals surface area contributed by atoms with Crippen molar-refractivity contribution in [3.8, 4) is 0 Å². The van der Waals surface area contributed by atoms with Crippen LogP contribution in [0, 0.1) is 6.92 Å². The number of rotatable bonds is 7. The number of aliphatic hydroxyl groups excluding tert-OH is 1. The molecular weight excluding hydrogens is 356 g/mol. The highest BCUT2D eigenvalue weighted by molar-refractivity contribution is 7.09. The Morgan fingerprint density at radius 3 is 2.80 bits per heavy atom. The van der Waals surface area contributed by atoms with Crippen molar-refractivity contribution < 1.29 is 5.11 Å². The van der Waals surface area contributed by atoms with Gasteiger partial charge in [-0.25, -0.2) is 14.6 Å². The monoisotopic (exact) mass is 376 g/mol. The first-order chi connectivity index (χ1) is 12.0. The minimum atomic E-state index is -0.434. The van der Waals surface area contributed by atoms with Crippen LogP contribution in [0.2, 0.25) is 5.02 Å². The molecule has 1 aromatic carbocycles. The molecule has 25 heavy (non-hydrogen) atoms. The normalized spacial score (nSPS) is 12.5. The van der Waals surface area contributed by atoms with E-state index < -0.39 is 6.10 Å². The summed E-state index contributed by atoms with van der Waals surface area (Å²) < 4.78 is 1.81. The first-order valence-electron chi connectivity index (χ1n) is 8.29. The summed E-state index contributed by atoms with van der Waals surface area (Å²) in [6.45, 7) is 4.39. The van der Waals surface area contributed by atoms with Crippen LogP contribution in [0.1, 0.15) is 41.3 Å². The molecule has 3 rings (SSSR count). The number of nitrogens with zero attached hydrogens (tertiary/aromatic N) is 4. The van der Waals surface area contributed by atoms with E-state index in [1.54, 1.807) is 11.3 Å². The molecule has 0 saturated carbocycles. The largest absolute Gasteiger partial charge is 0.391 e. The van der Waals surface area contributed by atoms with E-state index in [9.17, 15) is 5.11 Å². The van der Waals surface area contributed by atoms with Crippen molar-refractivity contribution in [3.63, 3.8) is 0 Å². The lowest BCUT2D eigenvalue weighted by atomic mass is 10.1. The molecule has 2 aromatic heterocycles. The van der Waals surface area contributed by atoms with Crippen molar-refractivity contribution >= 4 is 22.9 Å². The van der Waals surface area contributed by atoms with E-state index in [1.165, 1.54) is 0 Å². The van der Waals surface area contributed by atoms with Gasteiger partial charge < -0.3 is 5.11 Å². The number of aryl methyl sites for hydroxylation is 1. The Labute approximate surface area is 156 Å². The molecule has 0 saturated heterocycles. The summed E-state index contributed by atoms with van der Waals surface area (Å²) >= 11 is 7.68. The van der Waals surface area contributed by atoms with Crippen LogP contribution in [0.15, 0.2) is 29.6 Å². The molecule has 0 unspecified atom stereocenters. The highest BCUT2D eigenvalue weighted by atomic mass is 35.5. The second-order valence-corrected chi connectivity index (χ2v) is 7.53. The Morgan fingerprint density at radius 1 is 1.28 bits per heavy atom. The van der Waals surface area contributed by atoms with Gasteiger partial charge in [0.25, 0.3) is 0 Å². The SMILES string of the molecule is CC[C@@H](O)Cn1nc(Cc2cccc(Cl)c2)nc1Cc1csc(C)n1. The maximum Gasteiger partial charge on any atom is 0.155 e. The molecule has 0 aliphatic heterocycles. The van der Waals surface area contributed by atoms with Gasteiger partial charge in [-0.3, -0.25) is 0 Å². The zero-order valence-corrected chi connectivity index (χ0v) is 15.9. The molecule has 0 bridgehead atoms. The van der Waals surface area contributed by atoms with E-state index in [1.807, 2.05) is 48.2 Å². The van der Waals surface area contributed by atoms with E-state index >= 15 is 0 Å². The van der Waals surface area contributed by atoms with Gasteiger partial charge in [-0.15, -0.1) is 11.3 Å². The van der Waals surface area contributed by atoms with E-state index in [2.05, 4.69) is 15.1 Å². The topological polar surface area (TPSA) is 63.8 Å². The number of thiazole rings is 1. The molecule has 7 heteroatoms. The number of hydrogen-bond donors (Lipinski definition) is 1. The molecule has 0 fully saturated rings. The van der Waals surface area contributed by atoms with Gasteiger partial charge in [0.05, 0.1) is 29.8 Å². The van der Waals surface area contributed by atoms with Gasteiger partial charge in [0.1, 0.15) is 5.82 Å². The van der Waals surface area contributed by atoms with E-state index in [0.29, 0.717) is 30.8 Å². The molecule has 2 heterocycles. The van der Waals surface area contributed by atoms with Crippen molar-refractivity contribution in [1.82, 2.24) is 19.7 Å². The number of hydrogen-bond acceptors (Lipinski definition) is 5. The smallest absolute Gasteiger partial charge is 0.155 e. The zero-order chi connectivity index (χ0) is 17.8. The Morgan fingerprint density at radius 2 is 2.12 bits per heavy atom. The van der Waals surface area contributed by atoms with E-state index in [0.717, 1.165) is 27.9 Å². The van der Waals surface area contributed by atoms with Crippen LogP contribution in [0.3, 0.4) is 0 Å². The predicted octanol–water partition coefficient (Wildman–Crippen LogP) is 3.65. The molecule has 3 aromatic rings. The minimum absolute atomic E-state index is 0.434. The van der Waals surface area contributed by atoms with Crippen molar-refractivity contribution in [2.75, 3.05) is 0 Å². The average molecular weight is 377 g/mol. The van der Waals surface area contributed by atoms with Crippen LogP contribution < -0.4 is 0 Å². The van der Waals surface area contributed by atoms with Gasteiger partial charge in [-0.2, -0.15) is 5.10 Å². The maximum absolute atomic E-state index is 10.0. The molecule has 0 spiro atoms. The van der Waals surface area contributed by atoms with Crippen molar-refractivity contribution in [2.24, 2.45) is 0 Å². The van der Waals surface area contributed by atoms with Crippen LogP contribution in [-0.2, 0) is 19.4 Å². The third-order valence-electron chi connectivity index (χ3n) is 3.90. The lowest BCUT2D eigenvalue weighted by Gasteiger charge is -2.09. The summed E-state index contributed by atoms with van der Waals surface area (Å²) in [6, 6.07) is 7.71. The number of halogens is 1. The first kappa shape index (κ1) is 18.0. The summed E-state index contributed by atoms with van der Waals surface area (Å²) in [7, 11) is 0. The van der Waals surface area contributed by atoms with Crippen LogP contribution in [0.5, 0.6) is 0 Å². The molecule has 0 radical (unpaired) electrons. The fourth-order valence-electron chi connectivity index (χ4n) is 2.59. The Kier molecular flexibility index (Phi) is 5.83. The van der Waals surface area contributed by atoms with Crippen LogP contribution >= 0.6 is 22.9 Å². The van der Waals surface area contributed by atoms with Crippen molar-refractivity contribution in [3.05, 3.63) is 62.6 Å². The van der Waals surface area contributed by atoms with Gasteiger partial charge in [0, 0.05) is 16.8 Å². The molecule has 132 valence electrons. The Hall–Kier alpha value is -1.76. The van der Waals surface area contributed by atoms with Crippen LogP contribution in [0.4, 0.5) is 0 Å². The summed E-state index contributed by atoms with van der Waals surface area (Å²) in [5.41, 5.74) is 2.05. The lowest BCUT2D eigenvalue weighted by molar-refractivity contribution is 0.144. The molecule has 0 amide bonds. The number of benzene rings is 1. The van der Waals surface area contributed by atoms with Gasteiger partial charge >= 0.3 is 0 Å². The molecule has 0 aliphatic rings. The summed E-state index contributed by atoms with van der Waals surface area (Å²) in [4.78, 5) is 9.20. The summed E-state index contributed by atoms with van der Waals surface area (Å²) in [6.07, 6.45) is 1.47. The van der Waals surface area contributed by atoms with Crippen LogP contribution in [-0.4, -0.2) is 31.0 Å². The van der Waals surface area contributed by atoms with Gasteiger partial charge in [0.2, 0.25) is 0 Å². The molecule has 1 atom stereocenters. The maximum atomic E-state index is 10.0. The highest BCUT2D eigenvalue weighted by Gasteiger charge is 2.15. The Balaban J connectivity index is 1.85. The standard InChI is InChI=1S/C18H21ClN4OS/c1-3-16(24)10-23-18(9-15-11-25-12(2)20-15)21-17(22-23)8-13-5-4-6-14(19)7-13/h4-7,11,16,24H,3,8-10H2,1-2H3/t16-/m1/s1. The first-order valence-corrected chi connectivity index (χ1v) is 9.55. The van der Waals surface area contributed by atoms with Crippen molar-refractivity contribution in [1.29, 1.82) is 0 Å². The van der Waals surface area contributed by atoms with E-state index in [-0.39, 0.29) is 0 Å². The summed E-state index contributed by atoms with van der Waals surface area (Å²) in [5, 5.41) is 18.4. The third-order valence-corrected chi connectivity index (χ3v) is 4.96. The van der Waals surface area contributed by atoms with Crippen molar-refractivity contribution in [2.45, 2.75) is 45.8 Å². The highest BCUT2D eigenvalue weighted by Crippen LogP contribution is 2.16. The molecule has 0 aliphatic carbocycles. The second-order valence-electron chi connectivity index (χ2n) is 6.03. The van der Waals surface area contributed by atoms with Crippen LogP contribution in [0.25, 0.3) is 0 Å². The number of aliphatic hydroxyl groups is 1. The summed E-state index contributed by atoms with van der Waals surface area (Å²) in [5.74, 6) is 1.56. The average Bonchev–Trinajstić information content (AvgIpc) is 3.14. The fraction of sp³-hybridized carbons (Fsp3) is 0.389. The van der Waals surface area contributed by atoms with Gasteiger partial charge in [-0.05, 0) is 31.0 Å².